The SMILES string of the molecule is Cc1ccc(C)c(NC(=O)CSc2nnc(CNC(=O)c3ccc(S(=O)(=O)N4CCOCC4)cc3)n2-c2ccc(F)cc2)c1. The number of nitrogens with zero attached hydrogens (tertiary/aromatic N) is 4. The fraction of sp³-hybridized carbons (Fsp3) is 0.267. The van der Waals surface area contributed by atoms with E-state index in [1.807, 2.05) is 32.0 Å². The summed E-state index contributed by atoms with van der Waals surface area (Å²) >= 11 is 1.15. The summed E-state index contributed by atoms with van der Waals surface area (Å²) in [7, 11) is -3.69. The standard InChI is InChI=1S/C30H31FN6O5S2/c1-20-3-4-21(2)26(17-20)33-28(38)19-43-30-35-34-27(37(30)24-9-7-23(31)8-10-24)18-32-29(39)22-5-11-25(12-6-22)44(40,41)36-13-15-42-16-14-36/h3-12,17H,13-16,18-19H2,1-2H3,(H,32,39)(H,33,38). The van der Waals surface area contributed by atoms with Crippen molar-refractivity contribution in [2.24, 2.45) is 0 Å². The van der Waals surface area contributed by atoms with Crippen molar-refractivity contribution in [3.05, 3.63) is 95.1 Å². The molecule has 0 aliphatic carbocycles. The van der Waals surface area contributed by atoms with E-state index in [9.17, 15) is 22.4 Å². The number of anilines is 1. The maximum absolute atomic E-state index is 13.7. The van der Waals surface area contributed by atoms with Gasteiger partial charge in [-0.15, -0.1) is 10.2 Å². The van der Waals surface area contributed by atoms with Crippen LogP contribution in [-0.2, 0) is 26.1 Å². The van der Waals surface area contributed by atoms with Gasteiger partial charge in [0.2, 0.25) is 15.9 Å². The number of carbonyl (C=O) groups is 2. The topological polar surface area (TPSA) is 136 Å². The predicted molar refractivity (Wildman–Crippen MR) is 164 cm³/mol. The van der Waals surface area contributed by atoms with Crippen molar-refractivity contribution in [1.82, 2.24) is 24.4 Å². The molecule has 1 aromatic heterocycles. The van der Waals surface area contributed by atoms with E-state index in [-0.39, 0.29) is 41.8 Å². The average molecular weight is 639 g/mol. The van der Waals surface area contributed by atoms with E-state index in [2.05, 4.69) is 20.8 Å². The molecule has 4 aromatic rings. The molecule has 2 amide bonds. The van der Waals surface area contributed by atoms with Crippen LogP contribution in [0.15, 0.2) is 76.8 Å². The molecule has 1 aliphatic rings. The highest BCUT2D eigenvalue weighted by molar-refractivity contribution is 7.99. The molecule has 0 saturated carbocycles. The van der Waals surface area contributed by atoms with Crippen LogP contribution in [0.2, 0.25) is 0 Å². The fourth-order valence-electron chi connectivity index (χ4n) is 4.52. The van der Waals surface area contributed by atoms with Gasteiger partial charge in [0.05, 0.1) is 30.4 Å². The summed E-state index contributed by atoms with van der Waals surface area (Å²) in [4.78, 5) is 25.8. The molecule has 5 rings (SSSR count). The first-order chi connectivity index (χ1) is 21.1. The van der Waals surface area contributed by atoms with Crippen LogP contribution in [0.25, 0.3) is 5.69 Å². The van der Waals surface area contributed by atoms with Crippen LogP contribution in [-0.4, -0.2) is 71.4 Å². The lowest BCUT2D eigenvalue weighted by Crippen LogP contribution is -2.40. The summed E-state index contributed by atoms with van der Waals surface area (Å²) in [6, 6.07) is 17.2. The normalized spacial score (nSPS) is 13.9. The highest BCUT2D eigenvalue weighted by Gasteiger charge is 2.26. The first-order valence-electron chi connectivity index (χ1n) is 13.8. The Morgan fingerprint density at radius 2 is 1.68 bits per heavy atom. The molecule has 1 aliphatic heterocycles. The molecule has 0 radical (unpaired) electrons. The molecule has 230 valence electrons. The number of hydrogen-bond acceptors (Lipinski definition) is 8. The summed E-state index contributed by atoms with van der Waals surface area (Å²) in [5.41, 5.74) is 3.50. The molecule has 44 heavy (non-hydrogen) atoms. The monoisotopic (exact) mass is 638 g/mol. The maximum atomic E-state index is 13.7. The van der Waals surface area contributed by atoms with E-state index in [0.29, 0.717) is 29.9 Å². The van der Waals surface area contributed by atoms with Crippen LogP contribution in [0, 0.1) is 19.7 Å². The Morgan fingerprint density at radius 3 is 2.39 bits per heavy atom. The van der Waals surface area contributed by atoms with Crippen molar-refractivity contribution < 1.29 is 27.1 Å². The van der Waals surface area contributed by atoms with E-state index >= 15 is 0 Å². The summed E-state index contributed by atoms with van der Waals surface area (Å²) in [6.07, 6.45) is 0. The van der Waals surface area contributed by atoms with Gasteiger partial charge in [-0.05, 0) is 79.6 Å². The van der Waals surface area contributed by atoms with E-state index in [0.717, 1.165) is 28.6 Å². The molecule has 2 heterocycles. The highest BCUT2D eigenvalue weighted by Crippen LogP contribution is 2.24. The molecule has 0 atom stereocenters. The lowest BCUT2D eigenvalue weighted by Gasteiger charge is -2.26. The quantitative estimate of drug-likeness (QED) is 0.251. The number of amides is 2. The Labute approximate surface area is 258 Å². The second kappa shape index (κ2) is 13.7. The van der Waals surface area contributed by atoms with Crippen LogP contribution in [0.3, 0.4) is 0 Å². The van der Waals surface area contributed by atoms with E-state index < -0.39 is 21.7 Å². The summed E-state index contributed by atoms with van der Waals surface area (Å²) < 4.78 is 47.7. The first kappa shape index (κ1) is 31.3. The van der Waals surface area contributed by atoms with Crippen molar-refractivity contribution in [3.63, 3.8) is 0 Å². The van der Waals surface area contributed by atoms with Gasteiger partial charge in [0.25, 0.3) is 5.91 Å². The van der Waals surface area contributed by atoms with Crippen LogP contribution in [0.4, 0.5) is 10.1 Å². The lowest BCUT2D eigenvalue weighted by atomic mass is 10.1. The number of hydrogen-bond donors (Lipinski definition) is 2. The molecule has 0 bridgehead atoms. The van der Waals surface area contributed by atoms with Gasteiger partial charge in [-0.25, -0.2) is 12.8 Å². The Balaban J connectivity index is 1.28. The van der Waals surface area contributed by atoms with Crippen LogP contribution in [0.1, 0.15) is 27.3 Å². The number of nitrogens with one attached hydrogen (secondary N) is 2. The number of thioether (sulfide) groups is 1. The van der Waals surface area contributed by atoms with Gasteiger partial charge in [0, 0.05) is 30.0 Å². The largest absolute Gasteiger partial charge is 0.379 e. The van der Waals surface area contributed by atoms with Gasteiger partial charge in [-0.3, -0.25) is 14.2 Å². The number of carbonyl (C=O) groups excluding carboxylic acids is 2. The molecule has 14 heteroatoms. The summed E-state index contributed by atoms with van der Waals surface area (Å²) in [6.45, 7) is 5.04. The molecular formula is C30H31FN6O5S2. The second-order valence-corrected chi connectivity index (χ2v) is 13.0. The van der Waals surface area contributed by atoms with Crippen molar-refractivity contribution in [2.75, 3.05) is 37.4 Å². The third kappa shape index (κ3) is 7.33. The predicted octanol–water partition coefficient (Wildman–Crippen LogP) is 3.70. The minimum atomic E-state index is -3.69. The fourth-order valence-corrected chi connectivity index (χ4v) is 6.70. The van der Waals surface area contributed by atoms with Gasteiger partial charge in [-0.2, -0.15) is 4.31 Å². The number of halogens is 1. The third-order valence-electron chi connectivity index (χ3n) is 6.92. The minimum absolute atomic E-state index is 0.0354. The zero-order valence-corrected chi connectivity index (χ0v) is 25.8. The van der Waals surface area contributed by atoms with Crippen LogP contribution >= 0.6 is 11.8 Å². The zero-order chi connectivity index (χ0) is 31.3. The smallest absolute Gasteiger partial charge is 0.251 e. The Morgan fingerprint density at radius 1 is 0.977 bits per heavy atom. The van der Waals surface area contributed by atoms with Gasteiger partial charge >= 0.3 is 0 Å². The minimum Gasteiger partial charge on any atom is -0.379 e. The molecule has 1 saturated heterocycles. The second-order valence-electron chi connectivity index (χ2n) is 10.1. The summed E-state index contributed by atoms with van der Waals surface area (Å²) in [5, 5.41) is 14.5. The number of sulfonamides is 1. The highest BCUT2D eigenvalue weighted by atomic mass is 32.2. The van der Waals surface area contributed by atoms with Gasteiger partial charge < -0.3 is 15.4 Å². The molecule has 11 nitrogen and oxygen atoms in total. The Kier molecular flexibility index (Phi) is 9.74. The molecule has 1 fully saturated rings. The first-order valence-corrected chi connectivity index (χ1v) is 16.2. The van der Waals surface area contributed by atoms with Crippen LogP contribution < -0.4 is 10.6 Å². The lowest BCUT2D eigenvalue weighted by molar-refractivity contribution is -0.113. The number of benzene rings is 3. The molecular weight excluding hydrogens is 607 g/mol. The molecule has 3 aromatic carbocycles. The van der Waals surface area contributed by atoms with Crippen LogP contribution in [0.5, 0.6) is 0 Å². The van der Waals surface area contributed by atoms with Gasteiger partial charge in [-0.1, -0.05) is 23.9 Å². The average Bonchev–Trinajstić information content (AvgIpc) is 3.44. The van der Waals surface area contributed by atoms with Gasteiger partial charge in [0.15, 0.2) is 11.0 Å². The number of ether oxygens (including phenoxy) is 1. The Hall–Kier alpha value is -4.11. The zero-order valence-electron chi connectivity index (χ0n) is 24.1. The van der Waals surface area contributed by atoms with Crippen molar-refractivity contribution in [2.45, 2.75) is 30.4 Å². The Bertz CT molecular complexity index is 1760. The molecule has 0 unspecified atom stereocenters. The maximum Gasteiger partial charge on any atom is 0.251 e. The van der Waals surface area contributed by atoms with E-state index in [1.54, 1.807) is 16.7 Å². The van der Waals surface area contributed by atoms with Crippen molar-refractivity contribution >= 4 is 39.3 Å². The third-order valence-corrected chi connectivity index (χ3v) is 9.76. The van der Waals surface area contributed by atoms with Crippen molar-refractivity contribution in [3.8, 4) is 5.69 Å². The molecule has 2 N–H and O–H groups in total. The van der Waals surface area contributed by atoms with Gasteiger partial charge in [0.1, 0.15) is 5.82 Å². The van der Waals surface area contributed by atoms with E-state index in [1.165, 1.54) is 40.7 Å². The number of aryl methyl sites for hydroxylation is 2. The number of morpholine rings is 1. The molecule has 0 spiro atoms. The number of aromatic nitrogens is 3. The van der Waals surface area contributed by atoms with E-state index in [4.69, 9.17) is 4.74 Å². The summed E-state index contributed by atoms with van der Waals surface area (Å²) in [5.74, 6) is -0.701. The number of rotatable bonds is 10. The van der Waals surface area contributed by atoms with Crippen molar-refractivity contribution in [1.29, 1.82) is 0 Å².